The van der Waals surface area contributed by atoms with Crippen LogP contribution in [0.4, 0.5) is 0 Å². The monoisotopic (exact) mass is 439 g/mol. The fourth-order valence-electron chi connectivity index (χ4n) is 7.26. The number of carbonyl (C=O) groups excluding carboxylic acids is 1. The summed E-state index contributed by atoms with van der Waals surface area (Å²) in [4.78, 5) is 13.9. The second-order valence-corrected chi connectivity index (χ2v) is 9.97. The van der Waals surface area contributed by atoms with Crippen LogP contribution in [0.25, 0.3) is 11.1 Å². The number of ether oxygens (including phenoxy) is 1. The number of hydrogen-bond acceptors (Lipinski definition) is 5. The molecule has 4 rings (SSSR count). The summed E-state index contributed by atoms with van der Waals surface area (Å²) in [6.45, 7) is 7.86. The summed E-state index contributed by atoms with van der Waals surface area (Å²) >= 11 is 0. The molecule has 1 fully saturated rings. The number of carbonyl (C=O) groups is 1. The molecule has 0 saturated heterocycles. The third kappa shape index (κ3) is 3.12. The maximum absolute atomic E-state index is 11.4. The molecule has 1 heterocycles. The highest BCUT2D eigenvalue weighted by molar-refractivity contribution is 5.79. The van der Waals surface area contributed by atoms with Gasteiger partial charge in [-0.2, -0.15) is 0 Å². The normalized spacial score (nSPS) is 28.3. The molecule has 1 aromatic heterocycles. The molecule has 5 nitrogen and oxygen atoms in total. The zero-order chi connectivity index (χ0) is 23.1. The number of nitrogens with zero attached hydrogens (tertiary/aromatic N) is 1. The Morgan fingerprint density at radius 1 is 1.34 bits per heavy atom. The number of hydrogen-bond donors (Lipinski definition) is 1. The third-order valence-electron chi connectivity index (χ3n) is 8.38. The van der Waals surface area contributed by atoms with Crippen LogP contribution in [0.15, 0.2) is 29.1 Å². The van der Waals surface area contributed by atoms with E-state index in [0.717, 1.165) is 61.6 Å². The van der Waals surface area contributed by atoms with Crippen molar-refractivity contribution in [2.45, 2.75) is 76.2 Å². The van der Waals surface area contributed by atoms with E-state index in [1.165, 1.54) is 5.56 Å². The number of phenolic OH excluding ortho intramolecular Hbond substituents is 1. The largest absolute Gasteiger partial charge is 0.504 e. The topological polar surface area (TPSA) is 62.9 Å². The van der Waals surface area contributed by atoms with Gasteiger partial charge in [0.2, 0.25) is 0 Å². The summed E-state index contributed by atoms with van der Waals surface area (Å²) in [5.74, 6) is 1.08. The molecule has 32 heavy (non-hydrogen) atoms. The Bertz CT molecular complexity index is 969. The van der Waals surface area contributed by atoms with Crippen LogP contribution in [-0.4, -0.2) is 43.0 Å². The van der Waals surface area contributed by atoms with Crippen molar-refractivity contribution < 1.29 is 19.1 Å². The number of fused-ring (bicyclic) bond motifs is 5. The quantitative estimate of drug-likeness (QED) is 0.483. The Hall–Kier alpha value is -2.27. The number of rotatable bonds is 10. The number of furan rings is 1. The van der Waals surface area contributed by atoms with Gasteiger partial charge in [0, 0.05) is 34.4 Å². The lowest BCUT2D eigenvalue weighted by atomic mass is 9.63. The lowest BCUT2D eigenvalue weighted by molar-refractivity contribution is -0.108. The van der Waals surface area contributed by atoms with Crippen molar-refractivity contribution in [3.8, 4) is 22.6 Å². The molecule has 2 aliphatic carbocycles. The number of unbranched alkanes of at least 4 members (excludes halogenated alkanes) is 1. The molecule has 4 atom stereocenters. The Kier molecular flexibility index (Phi) is 6.15. The van der Waals surface area contributed by atoms with E-state index in [4.69, 9.17) is 9.15 Å². The number of aldehydes is 1. The van der Waals surface area contributed by atoms with E-state index in [-0.39, 0.29) is 16.6 Å². The van der Waals surface area contributed by atoms with Gasteiger partial charge in [0.25, 0.3) is 0 Å². The number of methoxy groups -OCH3 is 1. The average Bonchev–Trinajstić information content (AvgIpc) is 3.47. The fourth-order valence-corrected chi connectivity index (χ4v) is 7.26. The molecule has 1 saturated carbocycles. The highest BCUT2D eigenvalue weighted by atomic mass is 16.5. The number of phenols is 1. The van der Waals surface area contributed by atoms with Crippen molar-refractivity contribution in [1.29, 1.82) is 0 Å². The van der Waals surface area contributed by atoms with E-state index in [9.17, 15) is 9.90 Å². The van der Waals surface area contributed by atoms with Crippen molar-refractivity contribution in [1.82, 2.24) is 4.90 Å². The first-order chi connectivity index (χ1) is 15.4. The summed E-state index contributed by atoms with van der Waals surface area (Å²) in [5, 5.41) is 11.4. The van der Waals surface area contributed by atoms with E-state index < -0.39 is 0 Å². The second kappa shape index (κ2) is 8.58. The highest BCUT2D eigenvalue weighted by Crippen LogP contribution is 2.70. The molecule has 2 bridgehead atoms. The minimum atomic E-state index is -0.185. The van der Waals surface area contributed by atoms with Crippen LogP contribution < -0.4 is 4.74 Å². The summed E-state index contributed by atoms with van der Waals surface area (Å²) in [6.07, 6.45) is 10.1. The maximum Gasteiger partial charge on any atom is 0.161 e. The second-order valence-electron chi connectivity index (χ2n) is 9.97. The molecule has 1 N–H and O–H groups in total. The van der Waals surface area contributed by atoms with Gasteiger partial charge in [0.15, 0.2) is 11.5 Å². The Morgan fingerprint density at radius 2 is 2.12 bits per heavy atom. The summed E-state index contributed by atoms with van der Waals surface area (Å²) in [5.41, 5.74) is 4.04. The van der Waals surface area contributed by atoms with Crippen molar-refractivity contribution in [2.75, 3.05) is 20.7 Å². The average molecular weight is 440 g/mol. The number of aromatic hydroxyl groups is 1. The molecule has 0 aliphatic heterocycles. The smallest absolute Gasteiger partial charge is 0.161 e. The van der Waals surface area contributed by atoms with Crippen LogP contribution in [0.2, 0.25) is 0 Å². The van der Waals surface area contributed by atoms with Gasteiger partial charge in [-0.1, -0.05) is 27.2 Å². The molecule has 174 valence electrons. The minimum absolute atomic E-state index is 0.141. The maximum atomic E-state index is 11.4. The highest BCUT2D eigenvalue weighted by Gasteiger charge is 2.67. The van der Waals surface area contributed by atoms with E-state index in [2.05, 4.69) is 32.7 Å². The first kappa shape index (κ1) is 22.9. The molecule has 2 aromatic rings. The third-order valence-corrected chi connectivity index (χ3v) is 8.38. The van der Waals surface area contributed by atoms with E-state index in [0.29, 0.717) is 24.1 Å². The molecule has 2 aliphatic rings. The van der Waals surface area contributed by atoms with Crippen LogP contribution >= 0.6 is 0 Å². The van der Waals surface area contributed by atoms with E-state index in [1.807, 2.05) is 12.1 Å². The molecular formula is C27H37NO4. The van der Waals surface area contributed by atoms with E-state index in [1.54, 1.807) is 19.6 Å². The van der Waals surface area contributed by atoms with Crippen LogP contribution in [0.1, 0.15) is 70.4 Å². The number of benzene rings is 1. The predicted octanol–water partition coefficient (Wildman–Crippen LogP) is 5.68. The zero-order valence-electron chi connectivity index (χ0n) is 20.1. The van der Waals surface area contributed by atoms with Gasteiger partial charge in [-0.05, 0) is 68.5 Å². The standard InChI is InChI=1S/C27H37NO4/c1-6-8-12-28(4)25-20(10-9-13-29)27(7-2)17-26(25,3)22-19(18-11-14-32-16-18)15-21(31-5)24(30)23(22)27/h11,13-16,20,25,30H,6-10,12,17H2,1-5H3/t20?,25?,26?,27-/m0/s1. The molecule has 0 radical (unpaired) electrons. The summed E-state index contributed by atoms with van der Waals surface area (Å²) < 4.78 is 11.1. The van der Waals surface area contributed by atoms with Gasteiger partial charge in [-0.3, -0.25) is 0 Å². The van der Waals surface area contributed by atoms with E-state index >= 15 is 0 Å². The predicted molar refractivity (Wildman–Crippen MR) is 126 cm³/mol. The Balaban J connectivity index is 1.99. The van der Waals surface area contributed by atoms with Gasteiger partial charge < -0.3 is 24.0 Å². The molecule has 1 aromatic carbocycles. The number of likely N-dealkylation sites (N-methyl/N-ethyl adjacent to an activating group) is 1. The Labute approximate surface area is 191 Å². The fraction of sp³-hybridized carbons (Fsp3) is 0.593. The zero-order valence-corrected chi connectivity index (χ0v) is 20.1. The lowest BCUT2D eigenvalue weighted by Crippen LogP contribution is -2.51. The molecule has 5 heteroatoms. The SMILES string of the molecule is CCCCN(C)C1C(CCC=O)[C@]2(CC)CC1(C)c1c(-c3ccoc3)cc(OC)c(O)c12. The Morgan fingerprint density at radius 3 is 2.72 bits per heavy atom. The van der Waals surface area contributed by atoms with Gasteiger partial charge >= 0.3 is 0 Å². The summed E-state index contributed by atoms with van der Waals surface area (Å²) in [7, 11) is 3.85. The molecule has 0 spiro atoms. The van der Waals surface area contributed by atoms with Gasteiger partial charge in [0.05, 0.1) is 19.6 Å². The molecule has 0 amide bonds. The first-order valence-electron chi connectivity index (χ1n) is 12.0. The van der Waals surface area contributed by atoms with Gasteiger partial charge in [-0.25, -0.2) is 0 Å². The first-order valence-corrected chi connectivity index (χ1v) is 12.0. The molecular weight excluding hydrogens is 402 g/mol. The van der Waals surface area contributed by atoms with Crippen molar-refractivity contribution in [3.05, 3.63) is 35.8 Å². The lowest BCUT2D eigenvalue weighted by Gasteiger charge is -2.48. The van der Waals surface area contributed by atoms with Crippen molar-refractivity contribution in [3.63, 3.8) is 0 Å². The van der Waals surface area contributed by atoms with Crippen LogP contribution in [0.5, 0.6) is 11.5 Å². The van der Waals surface area contributed by atoms with Gasteiger partial charge in [-0.15, -0.1) is 0 Å². The van der Waals surface area contributed by atoms with Crippen LogP contribution in [-0.2, 0) is 15.6 Å². The molecule has 3 unspecified atom stereocenters. The van der Waals surface area contributed by atoms with Crippen molar-refractivity contribution in [2.24, 2.45) is 5.92 Å². The van der Waals surface area contributed by atoms with Crippen LogP contribution in [0, 0.1) is 5.92 Å². The van der Waals surface area contributed by atoms with Crippen molar-refractivity contribution >= 4 is 6.29 Å². The van der Waals surface area contributed by atoms with Gasteiger partial charge in [0.1, 0.15) is 6.29 Å². The van der Waals surface area contributed by atoms with Crippen LogP contribution in [0.3, 0.4) is 0 Å². The minimum Gasteiger partial charge on any atom is -0.504 e. The summed E-state index contributed by atoms with van der Waals surface area (Å²) in [6, 6.07) is 4.26.